The Hall–Kier alpha value is -1.60. The van der Waals surface area contributed by atoms with Gasteiger partial charge in [0.1, 0.15) is 0 Å². The fraction of sp³-hybridized carbons (Fsp3) is 0.650. The molecule has 1 aromatic carbocycles. The molecule has 0 spiro atoms. The summed E-state index contributed by atoms with van der Waals surface area (Å²) in [5.74, 6) is -2.95. The number of nitrogens with one attached hydrogen (secondary N) is 1. The quantitative estimate of drug-likeness (QED) is 0.845. The lowest BCUT2D eigenvalue weighted by molar-refractivity contribution is -0.198. The third-order valence-electron chi connectivity index (χ3n) is 5.52. The van der Waals surface area contributed by atoms with Crippen molar-refractivity contribution in [3.63, 3.8) is 0 Å². The SMILES string of the molecule is O=C(NCc1ccc(CN2CCOCC2)cc1)C1CCCCC1C(F)(F)F. The fourth-order valence-corrected chi connectivity index (χ4v) is 3.94. The number of benzene rings is 1. The number of hydrogen-bond acceptors (Lipinski definition) is 3. The summed E-state index contributed by atoms with van der Waals surface area (Å²) in [5.41, 5.74) is 2.07. The Morgan fingerprint density at radius 2 is 1.70 bits per heavy atom. The minimum Gasteiger partial charge on any atom is -0.379 e. The van der Waals surface area contributed by atoms with E-state index in [-0.39, 0.29) is 13.0 Å². The van der Waals surface area contributed by atoms with E-state index in [0.717, 1.165) is 38.4 Å². The van der Waals surface area contributed by atoms with Gasteiger partial charge in [-0.25, -0.2) is 0 Å². The van der Waals surface area contributed by atoms with Gasteiger partial charge in [-0.15, -0.1) is 0 Å². The first-order valence-electron chi connectivity index (χ1n) is 9.66. The molecule has 0 radical (unpaired) electrons. The molecule has 2 aliphatic rings. The normalized spacial score (nSPS) is 24.6. The fourth-order valence-electron chi connectivity index (χ4n) is 3.94. The van der Waals surface area contributed by atoms with E-state index >= 15 is 0 Å². The molecule has 150 valence electrons. The first-order chi connectivity index (χ1) is 12.9. The predicted octanol–water partition coefficient (Wildman–Crippen LogP) is 3.50. The van der Waals surface area contributed by atoms with Crippen LogP contribution in [0.5, 0.6) is 0 Å². The van der Waals surface area contributed by atoms with Crippen LogP contribution in [0, 0.1) is 11.8 Å². The minimum atomic E-state index is -4.30. The van der Waals surface area contributed by atoms with Gasteiger partial charge in [-0.05, 0) is 24.0 Å². The molecule has 3 rings (SSSR count). The zero-order valence-corrected chi connectivity index (χ0v) is 15.4. The molecule has 7 heteroatoms. The summed E-state index contributed by atoms with van der Waals surface area (Å²) < 4.78 is 44.8. The number of ether oxygens (including phenoxy) is 1. The van der Waals surface area contributed by atoms with Gasteiger partial charge >= 0.3 is 6.18 Å². The highest BCUT2D eigenvalue weighted by Crippen LogP contribution is 2.41. The van der Waals surface area contributed by atoms with Crippen LogP contribution < -0.4 is 5.32 Å². The molecule has 2 unspecified atom stereocenters. The van der Waals surface area contributed by atoms with E-state index in [0.29, 0.717) is 19.3 Å². The second kappa shape index (κ2) is 9.06. The molecule has 1 aliphatic heterocycles. The highest BCUT2D eigenvalue weighted by molar-refractivity contribution is 5.79. The molecule has 1 saturated heterocycles. The summed E-state index contributed by atoms with van der Waals surface area (Å²) >= 11 is 0. The highest BCUT2D eigenvalue weighted by atomic mass is 19.4. The molecule has 1 aliphatic carbocycles. The van der Waals surface area contributed by atoms with Gasteiger partial charge < -0.3 is 10.1 Å². The van der Waals surface area contributed by atoms with Crippen LogP contribution in [0.25, 0.3) is 0 Å². The molecule has 1 heterocycles. The van der Waals surface area contributed by atoms with Crippen molar-refractivity contribution in [3.8, 4) is 0 Å². The van der Waals surface area contributed by atoms with Gasteiger partial charge in [-0.1, -0.05) is 37.1 Å². The van der Waals surface area contributed by atoms with Gasteiger partial charge in [-0.3, -0.25) is 9.69 Å². The summed E-state index contributed by atoms with van der Waals surface area (Å²) in [6, 6.07) is 7.88. The van der Waals surface area contributed by atoms with Gasteiger partial charge in [0.2, 0.25) is 5.91 Å². The van der Waals surface area contributed by atoms with E-state index in [1.165, 1.54) is 5.56 Å². The standard InChI is InChI=1S/C20H27F3N2O2/c21-20(22,23)18-4-2-1-3-17(18)19(26)24-13-15-5-7-16(8-6-15)14-25-9-11-27-12-10-25/h5-8,17-18H,1-4,9-14H2,(H,24,26). The van der Waals surface area contributed by atoms with Crippen LogP contribution in [0.4, 0.5) is 13.2 Å². The molecule has 4 nitrogen and oxygen atoms in total. The van der Waals surface area contributed by atoms with Crippen molar-refractivity contribution in [2.24, 2.45) is 11.8 Å². The number of carbonyl (C=O) groups excluding carboxylic acids is 1. The van der Waals surface area contributed by atoms with Crippen molar-refractivity contribution in [2.75, 3.05) is 26.3 Å². The molecule has 2 atom stereocenters. The van der Waals surface area contributed by atoms with E-state index in [9.17, 15) is 18.0 Å². The van der Waals surface area contributed by atoms with Gasteiger partial charge in [-0.2, -0.15) is 13.2 Å². The molecule has 27 heavy (non-hydrogen) atoms. The lowest BCUT2D eigenvalue weighted by Crippen LogP contribution is -2.42. The molecule has 1 aromatic rings. The van der Waals surface area contributed by atoms with E-state index in [1.807, 2.05) is 24.3 Å². The van der Waals surface area contributed by atoms with Crippen LogP contribution in [-0.2, 0) is 22.6 Å². The summed E-state index contributed by atoms with van der Waals surface area (Å²) in [6.07, 6.45) is -2.71. The maximum Gasteiger partial charge on any atom is 0.392 e. The third kappa shape index (κ3) is 5.69. The highest BCUT2D eigenvalue weighted by Gasteiger charge is 2.47. The molecule has 2 fully saturated rings. The van der Waals surface area contributed by atoms with Gasteiger partial charge in [0.15, 0.2) is 0 Å². The Morgan fingerprint density at radius 3 is 2.37 bits per heavy atom. The predicted molar refractivity (Wildman–Crippen MR) is 95.9 cm³/mol. The Morgan fingerprint density at radius 1 is 1.07 bits per heavy atom. The third-order valence-corrected chi connectivity index (χ3v) is 5.52. The van der Waals surface area contributed by atoms with Crippen LogP contribution >= 0.6 is 0 Å². The van der Waals surface area contributed by atoms with Crippen molar-refractivity contribution in [2.45, 2.75) is 44.9 Å². The summed E-state index contributed by atoms with van der Waals surface area (Å²) in [4.78, 5) is 14.6. The van der Waals surface area contributed by atoms with Gasteiger partial charge in [0.05, 0.1) is 19.1 Å². The average molecular weight is 384 g/mol. The molecule has 1 saturated carbocycles. The smallest absolute Gasteiger partial charge is 0.379 e. The lowest BCUT2D eigenvalue weighted by atomic mass is 9.78. The number of carbonyl (C=O) groups is 1. The lowest BCUT2D eigenvalue weighted by Gasteiger charge is -2.32. The molecular weight excluding hydrogens is 357 g/mol. The Balaban J connectivity index is 1.50. The molecule has 0 aromatic heterocycles. The Kier molecular flexibility index (Phi) is 6.76. The maximum absolute atomic E-state index is 13.2. The molecular formula is C20H27F3N2O2. The summed E-state index contributed by atoms with van der Waals surface area (Å²) in [5, 5.41) is 2.71. The van der Waals surface area contributed by atoms with E-state index in [2.05, 4.69) is 10.2 Å². The van der Waals surface area contributed by atoms with Crippen molar-refractivity contribution in [1.82, 2.24) is 10.2 Å². The summed E-state index contributed by atoms with van der Waals surface area (Å²) in [6.45, 7) is 4.45. The topological polar surface area (TPSA) is 41.6 Å². The second-order valence-corrected chi connectivity index (χ2v) is 7.46. The number of amides is 1. The van der Waals surface area contributed by atoms with E-state index in [4.69, 9.17) is 4.74 Å². The first kappa shape index (κ1) is 20.1. The van der Waals surface area contributed by atoms with Crippen LogP contribution in [0.15, 0.2) is 24.3 Å². The second-order valence-electron chi connectivity index (χ2n) is 7.46. The monoisotopic (exact) mass is 384 g/mol. The number of hydrogen-bond donors (Lipinski definition) is 1. The van der Waals surface area contributed by atoms with Crippen LogP contribution in [-0.4, -0.2) is 43.3 Å². The van der Waals surface area contributed by atoms with Crippen molar-refractivity contribution in [1.29, 1.82) is 0 Å². The number of morpholine rings is 1. The van der Waals surface area contributed by atoms with Crippen molar-refractivity contribution in [3.05, 3.63) is 35.4 Å². The number of rotatable bonds is 5. The zero-order chi connectivity index (χ0) is 19.3. The van der Waals surface area contributed by atoms with Crippen LogP contribution in [0.2, 0.25) is 0 Å². The Labute approximate surface area is 158 Å². The number of alkyl halides is 3. The zero-order valence-electron chi connectivity index (χ0n) is 15.4. The van der Waals surface area contributed by atoms with Gasteiger partial charge in [0.25, 0.3) is 0 Å². The first-order valence-corrected chi connectivity index (χ1v) is 9.66. The number of halogens is 3. The van der Waals surface area contributed by atoms with Crippen molar-refractivity contribution >= 4 is 5.91 Å². The van der Waals surface area contributed by atoms with Crippen LogP contribution in [0.3, 0.4) is 0 Å². The largest absolute Gasteiger partial charge is 0.392 e. The van der Waals surface area contributed by atoms with E-state index < -0.39 is 23.9 Å². The molecule has 1 amide bonds. The number of nitrogens with zero attached hydrogens (tertiary/aromatic N) is 1. The maximum atomic E-state index is 13.2. The van der Waals surface area contributed by atoms with Crippen LogP contribution in [0.1, 0.15) is 36.8 Å². The molecule has 1 N–H and O–H groups in total. The summed E-state index contributed by atoms with van der Waals surface area (Å²) in [7, 11) is 0. The molecule has 0 bridgehead atoms. The average Bonchev–Trinajstić information content (AvgIpc) is 2.67. The van der Waals surface area contributed by atoms with Gasteiger partial charge in [0, 0.05) is 32.1 Å². The van der Waals surface area contributed by atoms with E-state index in [1.54, 1.807) is 0 Å². The Bertz CT molecular complexity index is 613. The minimum absolute atomic E-state index is 0.0534. The van der Waals surface area contributed by atoms with Crippen molar-refractivity contribution < 1.29 is 22.7 Å².